The van der Waals surface area contributed by atoms with Crippen molar-refractivity contribution in [2.45, 2.75) is 13.0 Å². The molecule has 0 spiro atoms. The van der Waals surface area contributed by atoms with Crippen LogP contribution in [-0.4, -0.2) is 46.5 Å². The maximum Gasteiger partial charge on any atom is 0.263 e. The second kappa shape index (κ2) is 6.95. The van der Waals surface area contributed by atoms with Crippen LogP contribution in [0.15, 0.2) is 35.4 Å². The van der Waals surface area contributed by atoms with E-state index < -0.39 is 11.5 Å². The second-order valence-corrected chi connectivity index (χ2v) is 4.85. The lowest BCUT2D eigenvalue weighted by atomic mass is 10.1. The highest BCUT2D eigenvalue weighted by Gasteiger charge is 2.25. The number of hydrogen-bond donors (Lipinski definition) is 1. The van der Waals surface area contributed by atoms with E-state index in [0.29, 0.717) is 11.5 Å². The van der Waals surface area contributed by atoms with Crippen LogP contribution >= 0.6 is 0 Å². The van der Waals surface area contributed by atoms with E-state index in [2.05, 4.69) is 15.0 Å². The molecule has 0 aromatic carbocycles. The summed E-state index contributed by atoms with van der Waals surface area (Å²) >= 11 is 0. The first-order chi connectivity index (χ1) is 10.5. The summed E-state index contributed by atoms with van der Waals surface area (Å²) in [4.78, 5) is 36.7. The lowest BCUT2D eigenvalue weighted by molar-refractivity contribution is 0.0593. The number of H-pyrrole nitrogens is 1. The predicted octanol–water partition coefficient (Wildman–Crippen LogP) is 0.933. The number of hydrogen-bond acceptors (Lipinski definition) is 5. The molecule has 2 heterocycles. The first kappa shape index (κ1) is 15.8. The van der Waals surface area contributed by atoms with E-state index in [9.17, 15) is 9.59 Å². The number of nitrogens with one attached hydrogen (secondary N) is 1. The Bertz CT molecular complexity index is 699. The molecule has 7 heteroatoms. The van der Waals surface area contributed by atoms with Crippen LogP contribution in [0.3, 0.4) is 0 Å². The van der Waals surface area contributed by atoms with Gasteiger partial charge in [-0.3, -0.25) is 14.6 Å². The van der Waals surface area contributed by atoms with Crippen molar-refractivity contribution in [3.05, 3.63) is 58.0 Å². The number of pyridine rings is 1. The van der Waals surface area contributed by atoms with Gasteiger partial charge < -0.3 is 14.6 Å². The van der Waals surface area contributed by atoms with Crippen LogP contribution < -0.4 is 5.56 Å². The minimum absolute atomic E-state index is 0.00914. The quantitative estimate of drug-likeness (QED) is 0.887. The standard InChI is InChI=1S/C15H18N4O3/c1-10-17-8-11(14(20)18-10)15(21)19(2)13(9-22-3)12-6-4-5-7-16-12/h4-8,13H,9H2,1-3H3,(H,17,18,20). The topological polar surface area (TPSA) is 88.2 Å². The van der Waals surface area contributed by atoms with E-state index in [1.165, 1.54) is 11.1 Å². The van der Waals surface area contributed by atoms with Gasteiger partial charge in [-0.1, -0.05) is 6.07 Å². The second-order valence-electron chi connectivity index (χ2n) is 4.85. The summed E-state index contributed by atoms with van der Waals surface area (Å²) in [7, 11) is 3.16. The molecule has 0 radical (unpaired) electrons. The van der Waals surface area contributed by atoms with Crippen LogP contribution in [0.1, 0.15) is 27.9 Å². The number of likely N-dealkylation sites (N-methyl/N-ethyl adjacent to an activating group) is 1. The molecule has 2 aromatic rings. The van der Waals surface area contributed by atoms with Crippen molar-refractivity contribution in [2.75, 3.05) is 20.8 Å². The number of ether oxygens (including phenoxy) is 1. The van der Waals surface area contributed by atoms with Gasteiger partial charge in [-0.05, 0) is 19.1 Å². The number of amides is 1. The van der Waals surface area contributed by atoms with Crippen molar-refractivity contribution < 1.29 is 9.53 Å². The third kappa shape index (κ3) is 3.37. The summed E-state index contributed by atoms with van der Waals surface area (Å²) in [6.07, 6.45) is 2.94. The van der Waals surface area contributed by atoms with E-state index in [1.807, 2.05) is 12.1 Å². The van der Waals surface area contributed by atoms with E-state index in [1.54, 1.807) is 33.3 Å². The summed E-state index contributed by atoms with van der Waals surface area (Å²) in [6, 6.07) is 5.05. The normalized spacial score (nSPS) is 12.0. The molecule has 0 fully saturated rings. The van der Waals surface area contributed by atoms with Gasteiger partial charge in [-0.25, -0.2) is 4.98 Å². The van der Waals surface area contributed by atoms with E-state index >= 15 is 0 Å². The van der Waals surface area contributed by atoms with Crippen molar-refractivity contribution in [1.29, 1.82) is 0 Å². The number of aryl methyl sites for hydroxylation is 1. The van der Waals surface area contributed by atoms with Crippen molar-refractivity contribution in [3.8, 4) is 0 Å². The van der Waals surface area contributed by atoms with Gasteiger partial charge in [0.2, 0.25) is 0 Å². The fraction of sp³-hybridized carbons (Fsp3) is 0.333. The third-order valence-corrected chi connectivity index (χ3v) is 3.30. The number of carbonyl (C=O) groups is 1. The zero-order chi connectivity index (χ0) is 16.1. The number of carbonyl (C=O) groups excluding carboxylic acids is 1. The van der Waals surface area contributed by atoms with Crippen molar-refractivity contribution in [3.63, 3.8) is 0 Å². The predicted molar refractivity (Wildman–Crippen MR) is 80.5 cm³/mol. The third-order valence-electron chi connectivity index (χ3n) is 3.30. The molecule has 0 aliphatic heterocycles. The van der Waals surface area contributed by atoms with Gasteiger partial charge >= 0.3 is 0 Å². The van der Waals surface area contributed by atoms with Crippen LogP contribution in [0.5, 0.6) is 0 Å². The maximum atomic E-state index is 12.5. The first-order valence-electron chi connectivity index (χ1n) is 6.77. The van der Waals surface area contributed by atoms with Gasteiger partial charge in [0.15, 0.2) is 0 Å². The molecule has 116 valence electrons. The van der Waals surface area contributed by atoms with Crippen molar-refractivity contribution in [1.82, 2.24) is 19.9 Å². The van der Waals surface area contributed by atoms with Crippen molar-refractivity contribution >= 4 is 5.91 Å². The molecule has 0 aliphatic rings. The van der Waals surface area contributed by atoms with Gasteiger partial charge in [0.05, 0.1) is 18.3 Å². The zero-order valence-corrected chi connectivity index (χ0v) is 12.7. The number of rotatable bonds is 5. The number of nitrogens with zero attached hydrogens (tertiary/aromatic N) is 3. The highest BCUT2D eigenvalue weighted by molar-refractivity contribution is 5.93. The van der Waals surface area contributed by atoms with Crippen LogP contribution in [0.2, 0.25) is 0 Å². The lowest BCUT2D eigenvalue weighted by Gasteiger charge is -2.27. The van der Waals surface area contributed by atoms with Crippen molar-refractivity contribution in [2.24, 2.45) is 0 Å². The monoisotopic (exact) mass is 302 g/mol. The molecule has 1 atom stereocenters. The lowest BCUT2D eigenvalue weighted by Crippen LogP contribution is -2.37. The molecule has 0 bridgehead atoms. The average Bonchev–Trinajstić information content (AvgIpc) is 2.52. The number of aromatic amines is 1. The smallest absolute Gasteiger partial charge is 0.263 e. The molecule has 1 amide bonds. The molecule has 1 unspecified atom stereocenters. The number of aromatic nitrogens is 3. The molecule has 0 aliphatic carbocycles. The largest absolute Gasteiger partial charge is 0.382 e. The van der Waals surface area contributed by atoms with Crippen LogP contribution in [0.25, 0.3) is 0 Å². The van der Waals surface area contributed by atoms with E-state index in [4.69, 9.17) is 4.74 Å². The Hall–Kier alpha value is -2.54. The Labute approximate surface area is 128 Å². The summed E-state index contributed by atoms with van der Waals surface area (Å²) in [5, 5.41) is 0. The van der Waals surface area contributed by atoms with E-state index in [0.717, 1.165) is 0 Å². The van der Waals surface area contributed by atoms with Crippen LogP contribution in [0, 0.1) is 6.92 Å². The molecule has 0 saturated heterocycles. The van der Waals surface area contributed by atoms with Gasteiger partial charge in [-0.2, -0.15) is 0 Å². The highest BCUT2D eigenvalue weighted by atomic mass is 16.5. The first-order valence-corrected chi connectivity index (χ1v) is 6.77. The Kier molecular flexibility index (Phi) is 5.00. The molecule has 1 N–H and O–H groups in total. The fourth-order valence-electron chi connectivity index (χ4n) is 2.09. The van der Waals surface area contributed by atoms with Gasteiger partial charge in [0.1, 0.15) is 11.4 Å². The Morgan fingerprint density at radius 2 is 2.18 bits per heavy atom. The Balaban J connectivity index is 2.32. The number of methoxy groups -OCH3 is 1. The Morgan fingerprint density at radius 1 is 1.41 bits per heavy atom. The molecule has 0 saturated carbocycles. The van der Waals surface area contributed by atoms with Gasteiger partial charge in [-0.15, -0.1) is 0 Å². The summed E-state index contributed by atoms with van der Waals surface area (Å²) < 4.78 is 5.18. The van der Waals surface area contributed by atoms with Crippen LogP contribution in [0.4, 0.5) is 0 Å². The molecule has 2 rings (SSSR count). The molecular weight excluding hydrogens is 284 g/mol. The molecule has 7 nitrogen and oxygen atoms in total. The van der Waals surface area contributed by atoms with E-state index in [-0.39, 0.29) is 18.2 Å². The minimum Gasteiger partial charge on any atom is -0.382 e. The summed E-state index contributed by atoms with van der Waals surface area (Å²) in [5.74, 6) is 0.0313. The molecule has 2 aromatic heterocycles. The SMILES string of the molecule is COCC(c1ccccn1)N(C)C(=O)c1cnc(C)[nH]c1=O. The van der Waals surface area contributed by atoms with Crippen LogP contribution in [-0.2, 0) is 4.74 Å². The van der Waals surface area contributed by atoms with Gasteiger partial charge in [0, 0.05) is 26.6 Å². The molecule has 22 heavy (non-hydrogen) atoms. The van der Waals surface area contributed by atoms with Gasteiger partial charge in [0.25, 0.3) is 11.5 Å². The molecular formula is C15H18N4O3. The minimum atomic E-state index is -0.457. The Morgan fingerprint density at radius 3 is 2.77 bits per heavy atom. The summed E-state index contributed by atoms with van der Waals surface area (Å²) in [5.41, 5.74) is 0.225. The fourth-order valence-corrected chi connectivity index (χ4v) is 2.09. The highest BCUT2D eigenvalue weighted by Crippen LogP contribution is 2.18. The maximum absolute atomic E-state index is 12.5. The summed E-state index contributed by atoms with van der Waals surface area (Å²) in [6.45, 7) is 1.93. The zero-order valence-electron chi connectivity index (χ0n) is 12.7. The average molecular weight is 302 g/mol.